The van der Waals surface area contributed by atoms with E-state index in [2.05, 4.69) is 4.98 Å². The molecule has 0 radical (unpaired) electrons. The van der Waals surface area contributed by atoms with Crippen LogP contribution in [0.25, 0.3) is 0 Å². The van der Waals surface area contributed by atoms with Crippen molar-refractivity contribution in [3.05, 3.63) is 29.6 Å². The number of carboxylic acid groups (broad SMARTS) is 1. The molecule has 0 fully saturated rings. The van der Waals surface area contributed by atoms with Crippen molar-refractivity contribution in [2.75, 3.05) is 0 Å². The number of carbonyl (C=O) groups is 2. The molecule has 6 nitrogen and oxygen atoms in total. The number of nitrogens with two attached hydrogens (primary N) is 1. The molecule has 0 spiro atoms. The highest BCUT2D eigenvalue weighted by Gasteiger charge is 2.24. The normalized spacial score (nSPS) is 12.8. The maximum atomic E-state index is 11.7. The predicted octanol–water partition coefficient (Wildman–Crippen LogP) is 1.05. The van der Waals surface area contributed by atoms with Crippen LogP contribution in [0, 0.1) is 0 Å². The van der Waals surface area contributed by atoms with Crippen molar-refractivity contribution >= 4 is 11.9 Å². The van der Waals surface area contributed by atoms with Gasteiger partial charge in [0.25, 0.3) is 0 Å². The number of pyridine rings is 1. The van der Waals surface area contributed by atoms with Gasteiger partial charge in [-0.25, -0.2) is 4.79 Å². The molecule has 6 heteroatoms. The Bertz CT molecular complexity index is 463. The van der Waals surface area contributed by atoms with Gasteiger partial charge < -0.3 is 15.6 Å². The molecule has 0 amide bonds. The molecule has 1 unspecified atom stereocenters. The second-order valence-electron chi connectivity index (χ2n) is 5.17. The maximum absolute atomic E-state index is 11.7. The first-order valence-electron chi connectivity index (χ1n) is 5.84. The summed E-state index contributed by atoms with van der Waals surface area (Å²) in [4.78, 5) is 26.3. The smallest absolute Gasteiger partial charge is 0.329 e. The van der Waals surface area contributed by atoms with Crippen molar-refractivity contribution < 1.29 is 19.4 Å². The second-order valence-corrected chi connectivity index (χ2v) is 5.17. The van der Waals surface area contributed by atoms with Crippen molar-refractivity contribution in [3.8, 4) is 0 Å². The number of esters is 1. The van der Waals surface area contributed by atoms with E-state index in [1.807, 2.05) is 0 Å². The van der Waals surface area contributed by atoms with Crippen molar-refractivity contribution in [1.82, 2.24) is 4.98 Å². The first kappa shape index (κ1) is 15.1. The first-order chi connectivity index (χ1) is 8.69. The average molecular weight is 266 g/mol. The minimum atomic E-state index is -0.974. The SMILES string of the molecule is CC(C)(C)OC(=O)C(N)c1ccc(CC(=O)O)cn1. The fourth-order valence-electron chi connectivity index (χ4n) is 1.39. The van der Waals surface area contributed by atoms with Gasteiger partial charge in [0.05, 0.1) is 12.1 Å². The number of carboxylic acids is 1. The number of aromatic nitrogens is 1. The van der Waals surface area contributed by atoms with Crippen molar-refractivity contribution in [2.24, 2.45) is 5.73 Å². The summed E-state index contributed by atoms with van der Waals surface area (Å²) >= 11 is 0. The average Bonchev–Trinajstić information content (AvgIpc) is 2.26. The fraction of sp³-hybridized carbons (Fsp3) is 0.462. The number of aliphatic carboxylic acids is 1. The van der Waals surface area contributed by atoms with Crippen molar-refractivity contribution in [3.63, 3.8) is 0 Å². The van der Waals surface area contributed by atoms with Gasteiger partial charge in [0.15, 0.2) is 0 Å². The first-order valence-corrected chi connectivity index (χ1v) is 5.84. The number of hydrogen-bond acceptors (Lipinski definition) is 5. The summed E-state index contributed by atoms with van der Waals surface area (Å²) in [5.74, 6) is -1.50. The Morgan fingerprint density at radius 3 is 2.47 bits per heavy atom. The lowest BCUT2D eigenvalue weighted by molar-refractivity contribution is -0.156. The number of nitrogens with zero attached hydrogens (tertiary/aromatic N) is 1. The summed E-state index contributed by atoms with van der Waals surface area (Å²) in [7, 11) is 0. The van der Waals surface area contributed by atoms with Gasteiger partial charge in [0, 0.05) is 6.20 Å². The van der Waals surface area contributed by atoms with E-state index in [1.54, 1.807) is 26.8 Å². The quantitative estimate of drug-likeness (QED) is 0.790. The second kappa shape index (κ2) is 5.79. The van der Waals surface area contributed by atoms with Crippen LogP contribution in [0.15, 0.2) is 18.3 Å². The lowest BCUT2D eigenvalue weighted by atomic mass is 10.1. The Kier molecular flexibility index (Phi) is 4.61. The Morgan fingerprint density at radius 2 is 2.05 bits per heavy atom. The molecule has 0 bridgehead atoms. The molecule has 1 atom stereocenters. The van der Waals surface area contributed by atoms with Crippen molar-refractivity contribution in [1.29, 1.82) is 0 Å². The number of rotatable bonds is 4. The zero-order chi connectivity index (χ0) is 14.6. The van der Waals surface area contributed by atoms with E-state index in [4.69, 9.17) is 15.6 Å². The summed E-state index contributed by atoms with van der Waals surface area (Å²) in [5, 5.41) is 8.63. The van der Waals surface area contributed by atoms with E-state index < -0.39 is 23.6 Å². The molecule has 104 valence electrons. The molecule has 0 aliphatic heterocycles. The standard InChI is InChI=1S/C13H18N2O4/c1-13(2,3)19-12(18)11(14)9-5-4-8(7-15-9)6-10(16)17/h4-5,7,11H,6,14H2,1-3H3,(H,16,17). The topological polar surface area (TPSA) is 103 Å². The highest BCUT2D eigenvalue weighted by atomic mass is 16.6. The summed E-state index contributed by atoms with van der Waals surface area (Å²) < 4.78 is 5.15. The Hall–Kier alpha value is -1.95. The van der Waals surface area contributed by atoms with E-state index in [9.17, 15) is 9.59 Å². The summed E-state index contributed by atoms with van der Waals surface area (Å²) in [6.45, 7) is 5.25. The van der Waals surface area contributed by atoms with Crippen LogP contribution in [0.4, 0.5) is 0 Å². The monoisotopic (exact) mass is 266 g/mol. The van der Waals surface area contributed by atoms with Gasteiger partial charge >= 0.3 is 11.9 Å². The molecule has 0 aliphatic carbocycles. The maximum Gasteiger partial charge on any atom is 0.329 e. The van der Waals surface area contributed by atoms with Gasteiger partial charge in [-0.2, -0.15) is 0 Å². The van der Waals surface area contributed by atoms with E-state index in [-0.39, 0.29) is 6.42 Å². The molecule has 0 aliphatic rings. The van der Waals surface area contributed by atoms with Gasteiger partial charge in [-0.15, -0.1) is 0 Å². The molecular weight excluding hydrogens is 248 g/mol. The summed E-state index contributed by atoms with van der Waals surface area (Å²) in [5.41, 5.74) is 6.03. The van der Waals surface area contributed by atoms with E-state index >= 15 is 0 Å². The van der Waals surface area contributed by atoms with Crippen LogP contribution in [0.2, 0.25) is 0 Å². The number of ether oxygens (including phenoxy) is 1. The van der Waals surface area contributed by atoms with Crippen LogP contribution < -0.4 is 5.73 Å². The van der Waals surface area contributed by atoms with Gasteiger partial charge in [-0.05, 0) is 32.4 Å². The number of carbonyl (C=O) groups excluding carboxylic acids is 1. The number of hydrogen-bond donors (Lipinski definition) is 2. The molecule has 0 saturated heterocycles. The van der Waals surface area contributed by atoms with E-state index in [1.165, 1.54) is 12.3 Å². The third-order valence-corrected chi connectivity index (χ3v) is 2.18. The summed E-state index contributed by atoms with van der Waals surface area (Å²) in [6, 6.07) is 2.14. The summed E-state index contributed by atoms with van der Waals surface area (Å²) in [6.07, 6.45) is 1.28. The molecule has 19 heavy (non-hydrogen) atoms. The lowest BCUT2D eigenvalue weighted by Crippen LogP contribution is -2.32. The Balaban J connectivity index is 2.75. The molecule has 3 N–H and O–H groups in total. The third kappa shape index (κ3) is 5.05. The van der Waals surface area contributed by atoms with Crippen LogP contribution >= 0.6 is 0 Å². The molecular formula is C13H18N2O4. The molecule has 1 aromatic rings. The highest BCUT2D eigenvalue weighted by molar-refractivity contribution is 5.77. The molecule has 1 aromatic heterocycles. The predicted molar refractivity (Wildman–Crippen MR) is 68.4 cm³/mol. The van der Waals surface area contributed by atoms with Crippen molar-refractivity contribution in [2.45, 2.75) is 38.8 Å². The van der Waals surface area contributed by atoms with Gasteiger partial charge in [0.2, 0.25) is 0 Å². The molecule has 1 rings (SSSR count). The van der Waals surface area contributed by atoms with E-state index in [0.29, 0.717) is 11.3 Å². The van der Waals surface area contributed by atoms with Crippen LogP contribution in [0.3, 0.4) is 0 Å². The van der Waals surface area contributed by atoms with E-state index in [0.717, 1.165) is 0 Å². The van der Waals surface area contributed by atoms with Gasteiger partial charge in [-0.1, -0.05) is 6.07 Å². The van der Waals surface area contributed by atoms with Crippen LogP contribution in [-0.2, 0) is 20.7 Å². The minimum Gasteiger partial charge on any atom is -0.481 e. The minimum absolute atomic E-state index is 0.116. The van der Waals surface area contributed by atoms with Crippen LogP contribution in [-0.4, -0.2) is 27.6 Å². The van der Waals surface area contributed by atoms with Gasteiger partial charge in [-0.3, -0.25) is 9.78 Å². The van der Waals surface area contributed by atoms with Crippen LogP contribution in [0.1, 0.15) is 38.1 Å². The molecule has 0 aromatic carbocycles. The van der Waals surface area contributed by atoms with Crippen LogP contribution in [0.5, 0.6) is 0 Å². The lowest BCUT2D eigenvalue weighted by Gasteiger charge is -2.21. The Morgan fingerprint density at radius 1 is 1.42 bits per heavy atom. The fourth-order valence-corrected chi connectivity index (χ4v) is 1.39. The Labute approximate surface area is 111 Å². The molecule has 0 saturated carbocycles. The third-order valence-electron chi connectivity index (χ3n) is 2.18. The molecule has 1 heterocycles. The zero-order valence-electron chi connectivity index (χ0n) is 11.2. The highest BCUT2D eigenvalue weighted by Crippen LogP contribution is 2.15. The zero-order valence-corrected chi connectivity index (χ0v) is 11.2. The van der Waals surface area contributed by atoms with Gasteiger partial charge in [0.1, 0.15) is 11.6 Å². The largest absolute Gasteiger partial charge is 0.481 e.